The Labute approximate surface area is 425 Å². The molecule has 3 unspecified atom stereocenters. The Kier molecular flexibility index (Phi) is 18.3. The fourth-order valence-electron chi connectivity index (χ4n) is 7.77. The van der Waals surface area contributed by atoms with Crippen LogP contribution in [0.5, 0.6) is 0 Å². The van der Waals surface area contributed by atoms with Crippen LogP contribution in [0.15, 0.2) is 40.4 Å². The molecule has 2 aliphatic heterocycles. The van der Waals surface area contributed by atoms with Gasteiger partial charge in [0.15, 0.2) is 5.52 Å². The summed E-state index contributed by atoms with van der Waals surface area (Å²) in [5.41, 5.74) is 8.94. The van der Waals surface area contributed by atoms with E-state index in [-0.39, 0.29) is 72.3 Å². The summed E-state index contributed by atoms with van der Waals surface area (Å²) in [5.74, 6) is -1.43. The van der Waals surface area contributed by atoms with Crippen molar-refractivity contribution >= 4 is 92.6 Å². The number of nitrogens with one attached hydrogen (secondary N) is 4. The molecule has 5 aromatic rings. The number of aromatic nitrogens is 8. The molecule has 9 atom stereocenters. The smallest absolute Gasteiger partial charge is 0.379 e. The number of unbranched alkanes of at least 4 members (excludes halogenated alkanes) is 2. The molecule has 0 radical (unpaired) electrons. The standard InChI is InChI=1S/C36H50ClN14O21P3/c1-65-73(59,60)71-22-10-27(48-16-42-29-31(48)44-35(38)46-33(29)53)68-24(22)15-67-75(63,64)72-23-11-28(49-17-43-30-32(49)45-36(39)47-34(30)54)69-25(23)14-66-74(61,62)70-19(12-37)13-41-26(52)5-3-2-4-8-40-20-7-6-18(50(55)56)9-21(20)51(57)58/h6-7,9,16-17,19,22-25,27-28,40,59-60,73H,2-5,8,10-15H2,1H3,(H,41,52)(H,61,62)(H,63,64)(H3,38,44,46,53)(H3,39,45,47,54)/t19?,22-,23-,24-,25-,27-,28-/m1/s1. The Morgan fingerprint density at radius 1 is 0.920 bits per heavy atom. The third-order valence-electron chi connectivity index (χ3n) is 11.3. The third-order valence-corrected chi connectivity index (χ3v) is 14.8. The number of halogens is 1. The number of nitrogen functional groups attached to an aromatic ring is 2. The summed E-state index contributed by atoms with van der Waals surface area (Å²) in [5, 5.41) is 27.8. The number of imidazole rings is 2. The van der Waals surface area contributed by atoms with Crippen LogP contribution in [-0.4, -0.2) is 144 Å². The molecule has 12 N–H and O–H groups in total. The number of ether oxygens (including phenoxy) is 2. The predicted molar refractivity (Wildman–Crippen MR) is 259 cm³/mol. The number of carbonyl (C=O) groups is 1. The van der Waals surface area contributed by atoms with Gasteiger partial charge >= 0.3 is 221 Å². The number of amides is 1. The molecule has 39 heteroatoms. The van der Waals surface area contributed by atoms with Crippen LogP contribution in [0.4, 0.5) is 29.0 Å². The molecule has 2 fully saturated rings. The first-order chi connectivity index (χ1) is 35.4. The molecule has 4 aromatic heterocycles. The molecular formula is C36H50ClN14O21P3. The number of benzene rings is 1. The molecule has 7 rings (SSSR count). The molecule has 0 bridgehead atoms. The maximum atomic E-state index is 13.7. The average molecular weight is 1140 g/mol. The SMILES string of the molecule is CO[PH](O)(O)O[C@@H]1C[C@H](n2cnc3c(=O)[nH]c(N)nc32)O[C@@H]1COP(=O)(O)O[C@@H]1C[C@H](n2cnc3c(=O)[nH]c(N)nc32)O[C@@H]1COP(=O)(O)OC(CCl)CNC(=O)CCCCCNc1ccc([N+](=O)[O-])cc1[N+](=O)[O-]. The molecule has 6 heterocycles. The molecular weight excluding hydrogens is 1090 g/mol. The number of anilines is 3. The zero-order valence-corrected chi connectivity index (χ0v) is 42.5. The summed E-state index contributed by atoms with van der Waals surface area (Å²) in [4.78, 5) is 122. The number of nitrogens with two attached hydrogens (primary N) is 2. The summed E-state index contributed by atoms with van der Waals surface area (Å²) in [6.45, 7) is -1.79. The molecule has 0 spiro atoms. The number of hydrogen-bond donors (Lipinski definition) is 10. The van der Waals surface area contributed by atoms with Crippen molar-refractivity contribution in [3.63, 3.8) is 0 Å². The van der Waals surface area contributed by atoms with Crippen molar-refractivity contribution in [3.05, 3.63) is 71.8 Å². The Bertz CT molecular complexity index is 3110. The number of alkyl halides is 1. The van der Waals surface area contributed by atoms with Gasteiger partial charge in [-0.2, -0.15) is 4.98 Å². The van der Waals surface area contributed by atoms with Crippen molar-refractivity contribution in [2.24, 2.45) is 0 Å². The minimum absolute atomic E-state index is 0.00641. The van der Waals surface area contributed by atoms with Crippen molar-refractivity contribution < 1.29 is 80.0 Å². The Balaban J connectivity index is 0.956. The van der Waals surface area contributed by atoms with Crippen LogP contribution in [-0.2, 0) is 50.5 Å². The number of aromatic amines is 2. The first-order valence-corrected chi connectivity index (χ1v) is 27.4. The van der Waals surface area contributed by atoms with E-state index < -0.39 is 124 Å². The summed E-state index contributed by atoms with van der Waals surface area (Å²) < 4.78 is 73.1. The second-order valence-electron chi connectivity index (χ2n) is 16.5. The van der Waals surface area contributed by atoms with Crippen LogP contribution in [0.3, 0.4) is 0 Å². The predicted octanol–water partition coefficient (Wildman–Crippen LogP) is 1.27. The fourth-order valence-corrected chi connectivity index (χ4v) is 10.6. The molecule has 1 amide bonds. The second-order valence-corrected chi connectivity index (χ2v) is 21.4. The van der Waals surface area contributed by atoms with E-state index in [9.17, 15) is 63.3 Å². The van der Waals surface area contributed by atoms with Crippen molar-refractivity contribution in [1.29, 1.82) is 0 Å². The minimum Gasteiger partial charge on any atom is -0.379 e. The van der Waals surface area contributed by atoms with Crippen LogP contribution in [0, 0.1) is 20.2 Å². The topological polar surface area (TPSA) is 495 Å². The first-order valence-electron chi connectivity index (χ1n) is 22.2. The van der Waals surface area contributed by atoms with Gasteiger partial charge in [-0.15, -0.1) is 11.6 Å². The normalized spacial score (nSPS) is 22.2. The van der Waals surface area contributed by atoms with Crippen molar-refractivity contribution in [2.45, 2.75) is 81.5 Å². The number of nitrogens with zero attached hydrogens (tertiary/aromatic N) is 8. The van der Waals surface area contributed by atoms with E-state index in [0.717, 1.165) is 25.6 Å². The zero-order chi connectivity index (χ0) is 54.4. The summed E-state index contributed by atoms with van der Waals surface area (Å²) in [7, 11) is -14.2. The Morgan fingerprint density at radius 2 is 1.49 bits per heavy atom. The maximum absolute atomic E-state index is 13.7. The number of phosphoric acid groups is 2. The van der Waals surface area contributed by atoms with E-state index in [1.807, 2.05) is 0 Å². The number of rotatable bonds is 27. The van der Waals surface area contributed by atoms with Gasteiger partial charge in [-0.1, -0.05) is 6.42 Å². The van der Waals surface area contributed by atoms with Crippen LogP contribution in [0.2, 0.25) is 0 Å². The van der Waals surface area contributed by atoms with Crippen LogP contribution in [0.25, 0.3) is 22.3 Å². The first kappa shape index (κ1) is 57.0. The molecule has 1 aromatic carbocycles. The number of hydrogen-bond acceptors (Lipinski definition) is 26. The van der Waals surface area contributed by atoms with Gasteiger partial charge in [-0.3, -0.25) is 39.3 Å². The van der Waals surface area contributed by atoms with Gasteiger partial charge in [-0.05, 0) is 18.9 Å². The van der Waals surface area contributed by atoms with E-state index in [1.165, 1.54) is 21.5 Å². The van der Waals surface area contributed by atoms with Crippen molar-refractivity contribution in [2.75, 3.05) is 56.1 Å². The monoisotopic (exact) mass is 1140 g/mol. The molecule has 412 valence electrons. The number of nitro benzene ring substituents is 2. The number of nitro groups is 2. The zero-order valence-electron chi connectivity index (χ0n) is 38.9. The van der Waals surface area contributed by atoms with Crippen molar-refractivity contribution in [1.82, 2.24) is 44.4 Å². The summed E-state index contributed by atoms with van der Waals surface area (Å²) >= 11 is 6.00. The Hall–Kier alpha value is -5.71. The molecule has 35 nitrogen and oxygen atoms in total. The van der Waals surface area contributed by atoms with Gasteiger partial charge in [0, 0.05) is 25.6 Å². The van der Waals surface area contributed by atoms with Crippen LogP contribution >= 0.6 is 35.4 Å². The van der Waals surface area contributed by atoms with E-state index in [4.69, 9.17) is 59.7 Å². The molecule has 0 saturated carbocycles. The molecule has 75 heavy (non-hydrogen) atoms. The van der Waals surface area contributed by atoms with Crippen molar-refractivity contribution in [3.8, 4) is 0 Å². The van der Waals surface area contributed by atoms with E-state index in [0.29, 0.717) is 19.3 Å². The number of H-pyrrole nitrogens is 2. The second kappa shape index (κ2) is 24.1. The minimum atomic E-state index is -5.25. The van der Waals surface area contributed by atoms with Crippen LogP contribution < -0.4 is 33.2 Å². The van der Waals surface area contributed by atoms with E-state index in [1.54, 1.807) is 0 Å². The Morgan fingerprint density at radius 3 is 2.05 bits per heavy atom. The van der Waals surface area contributed by atoms with Gasteiger partial charge in [0.1, 0.15) is 11.8 Å². The van der Waals surface area contributed by atoms with E-state index in [2.05, 4.69) is 40.5 Å². The fraction of sp³-hybridized carbons (Fsp3) is 0.528. The molecule has 0 aliphatic carbocycles. The summed E-state index contributed by atoms with van der Waals surface area (Å²) in [6.07, 6.45) is -6.14. The quantitative estimate of drug-likeness (QED) is 0.0116. The number of fused-ring (bicyclic) bond motifs is 2. The third kappa shape index (κ3) is 14.6. The van der Waals surface area contributed by atoms with Gasteiger partial charge in [0.05, 0.1) is 21.8 Å². The van der Waals surface area contributed by atoms with Gasteiger partial charge in [0.25, 0.3) is 16.9 Å². The average Bonchev–Trinajstić information content (AvgIpc) is 4.15. The molecule has 2 saturated heterocycles. The van der Waals surface area contributed by atoms with Gasteiger partial charge in [0.2, 0.25) is 11.9 Å². The van der Waals surface area contributed by atoms with Crippen LogP contribution in [0.1, 0.15) is 51.0 Å². The number of phosphoric ester groups is 2. The summed E-state index contributed by atoms with van der Waals surface area (Å²) in [6, 6.07) is 3.21. The molecule has 2 aliphatic rings. The van der Waals surface area contributed by atoms with Gasteiger partial charge in [-0.25, -0.2) is 9.55 Å². The number of non-ortho nitro benzene ring substituents is 1. The van der Waals surface area contributed by atoms with E-state index >= 15 is 0 Å². The van der Waals surface area contributed by atoms with Gasteiger partial charge < -0.3 is 21.3 Å². The number of carbonyl (C=O) groups excluding carboxylic acids is 1.